The van der Waals surface area contributed by atoms with E-state index in [0.29, 0.717) is 5.57 Å². The average Bonchev–Trinajstić information content (AvgIpc) is 3.55. The summed E-state index contributed by atoms with van der Waals surface area (Å²) in [6.45, 7) is 5.64. The van der Waals surface area contributed by atoms with Crippen LogP contribution in [0.3, 0.4) is 0 Å². The molecule has 40 heavy (non-hydrogen) atoms. The predicted octanol–water partition coefficient (Wildman–Crippen LogP) is 2.24. The van der Waals surface area contributed by atoms with Gasteiger partial charge in [-0.1, -0.05) is 42.2 Å². The normalized spacial score (nSPS) is 22.0. The number of imidazole rings is 1. The standard InChI is InChI=1S/C28H27N5O5S2/c1-14-21(24(28(37)38)33-23(14)22(16(3)34)25(33)36)19-11-31-13-32(27(39-4)26(31)40-19)15(2)17-6-5-7-18(10-17)30-9-8-20(35)29-12-30/h5-16,22-23,34H,1-4H3/p+2/t14-,15?,16+,22+,23+/m0/s1. The fraction of sp³-hybridized carbons (Fsp3) is 0.321. The summed E-state index contributed by atoms with van der Waals surface area (Å²) in [6, 6.07) is 9.24. The van der Waals surface area contributed by atoms with Gasteiger partial charge in [-0.15, -0.1) is 0 Å². The number of β-lactam (4-membered cyclic amide) rings is 1. The number of amides is 1. The maximum Gasteiger partial charge on any atom is 0.352 e. The van der Waals surface area contributed by atoms with E-state index in [2.05, 4.69) is 28.6 Å². The number of hydrogen-bond acceptors (Lipinski definition) is 6. The highest BCUT2D eigenvalue weighted by molar-refractivity contribution is 7.98. The third kappa shape index (κ3) is 3.93. The number of aromatic nitrogens is 4. The molecule has 0 aliphatic carbocycles. The Bertz CT molecular complexity index is 1750. The summed E-state index contributed by atoms with van der Waals surface area (Å²) in [4.78, 5) is 42.4. The average molecular weight is 580 g/mol. The summed E-state index contributed by atoms with van der Waals surface area (Å²) < 4.78 is 6.07. The van der Waals surface area contributed by atoms with Gasteiger partial charge in [0.1, 0.15) is 29.8 Å². The number of aliphatic hydroxyl groups is 1. The highest BCUT2D eigenvalue weighted by Gasteiger charge is 2.60. The van der Waals surface area contributed by atoms with Gasteiger partial charge in [0.2, 0.25) is 22.1 Å². The van der Waals surface area contributed by atoms with Crippen LogP contribution in [0.1, 0.15) is 37.3 Å². The second kappa shape index (κ2) is 9.72. The highest BCUT2D eigenvalue weighted by Crippen LogP contribution is 2.51. The summed E-state index contributed by atoms with van der Waals surface area (Å²) in [6.07, 6.45) is 8.50. The van der Waals surface area contributed by atoms with E-state index >= 15 is 0 Å². The van der Waals surface area contributed by atoms with Crippen molar-refractivity contribution in [2.75, 3.05) is 6.26 Å². The molecule has 2 aliphatic heterocycles. The molecule has 3 aromatic heterocycles. The number of hydrogen-bond donors (Lipinski definition) is 3. The molecule has 0 spiro atoms. The number of H-pyrrole nitrogens is 1. The lowest BCUT2D eigenvalue weighted by molar-refractivity contribution is -0.742. The number of benzene rings is 1. The Labute approximate surface area is 237 Å². The molecule has 6 rings (SSSR count). The van der Waals surface area contributed by atoms with Gasteiger partial charge in [0.25, 0.3) is 6.33 Å². The smallest absolute Gasteiger partial charge is 0.352 e. The van der Waals surface area contributed by atoms with Crippen LogP contribution in [0.2, 0.25) is 0 Å². The fourth-order valence-corrected chi connectivity index (χ4v) is 8.27. The van der Waals surface area contributed by atoms with E-state index in [-0.39, 0.29) is 35.2 Å². The number of fused-ring (bicyclic) bond motifs is 2. The lowest BCUT2D eigenvalue weighted by Gasteiger charge is -2.46. The Hall–Kier alpha value is -3.74. The first kappa shape index (κ1) is 26.5. The molecule has 5 atom stereocenters. The molecule has 1 saturated heterocycles. The molecular formula is C28H29N5O5S2+2. The van der Waals surface area contributed by atoms with Gasteiger partial charge >= 0.3 is 11.5 Å². The fourth-order valence-electron chi connectivity index (χ4n) is 6.03. The van der Waals surface area contributed by atoms with Crippen LogP contribution in [-0.4, -0.2) is 54.8 Å². The molecule has 0 radical (unpaired) electrons. The van der Waals surface area contributed by atoms with E-state index in [0.717, 1.165) is 26.0 Å². The molecule has 4 aromatic rings. The molecule has 1 fully saturated rings. The molecule has 3 N–H and O–H groups in total. The van der Waals surface area contributed by atoms with E-state index < -0.39 is 18.0 Å². The Morgan fingerprint density at radius 2 is 2.00 bits per heavy atom. The van der Waals surface area contributed by atoms with Crippen molar-refractivity contribution in [3.63, 3.8) is 0 Å². The number of thioether (sulfide) groups is 1. The van der Waals surface area contributed by atoms with E-state index in [4.69, 9.17) is 0 Å². The van der Waals surface area contributed by atoms with Gasteiger partial charge in [-0.3, -0.25) is 4.79 Å². The number of nitrogens with one attached hydrogen (secondary N) is 1. The number of aromatic amines is 1. The molecule has 5 heterocycles. The molecule has 0 bridgehead atoms. The van der Waals surface area contributed by atoms with Gasteiger partial charge in [0.05, 0.1) is 29.0 Å². The molecule has 2 aliphatic rings. The number of carbonyl (C=O) groups excluding carboxylic acids is 1. The zero-order valence-corrected chi connectivity index (χ0v) is 23.9. The van der Waals surface area contributed by atoms with Crippen LogP contribution in [0.15, 0.2) is 70.9 Å². The van der Waals surface area contributed by atoms with Crippen molar-refractivity contribution in [2.45, 2.75) is 44.0 Å². The Kier molecular flexibility index (Phi) is 6.43. The second-order valence-electron chi connectivity index (χ2n) is 10.3. The van der Waals surface area contributed by atoms with Gasteiger partial charge in [-0.05, 0) is 32.2 Å². The monoisotopic (exact) mass is 579 g/mol. The minimum Gasteiger partial charge on any atom is -0.477 e. The molecule has 206 valence electrons. The number of rotatable bonds is 7. The summed E-state index contributed by atoms with van der Waals surface area (Å²) in [7, 11) is 0. The minimum atomic E-state index is -1.13. The van der Waals surface area contributed by atoms with Gasteiger partial charge in [0.15, 0.2) is 0 Å². The first-order valence-electron chi connectivity index (χ1n) is 12.9. The van der Waals surface area contributed by atoms with Crippen LogP contribution >= 0.6 is 23.1 Å². The topological polar surface area (TPSA) is 123 Å². The van der Waals surface area contributed by atoms with Crippen molar-refractivity contribution in [3.8, 4) is 5.69 Å². The van der Waals surface area contributed by atoms with Crippen molar-refractivity contribution < 1.29 is 28.9 Å². The molecular weight excluding hydrogens is 550 g/mol. The van der Waals surface area contributed by atoms with E-state index in [9.17, 15) is 24.6 Å². The highest BCUT2D eigenvalue weighted by atomic mass is 32.2. The molecule has 12 heteroatoms. The molecule has 0 saturated carbocycles. The third-order valence-electron chi connectivity index (χ3n) is 8.00. The largest absolute Gasteiger partial charge is 0.477 e. The zero-order chi connectivity index (χ0) is 28.5. The van der Waals surface area contributed by atoms with Crippen molar-refractivity contribution in [1.29, 1.82) is 0 Å². The van der Waals surface area contributed by atoms with E-state index in [1.807, 2.05) is 46.8 Å². The van der Waals surface area contributed by atoms with Crippen LogP contribution in [0.25, 0.3) is 16.1 Å². The van der Waals surface area contributed by atoms with Gasteiger partial charge in [-0.25, -0.2) is 23.7 Å². The lowest BCUT2D eigenvalue weighted by Crippen LogP contribution is -2.63. The number of nitrogens with zero attached hydrogens (tertiary/aromatic N) is 4. The summed E-state index contributed by atoms with van der Waals surface area (Å²) in [5.74, 6) is -2.28. The quantitative estimate of drug-likeness (QED) is 0.175. The molecule has 1 aromatic carbocycles. The number of carbonyl (C=O) groups is 2. The Morgan fingerprint density at radius 1 is 1.23 bits per heavy atom. The van der Waals surface area contributed by atoms with Crippen LogP contribution in [-0.2, 0) is 9.59 Å². The van der Waals surface area contributed by atoms with Gasteiger partial charge in [-0.2, -0.15) is 4.40 Å². The second-order valence-corrected chi connectivity index (χ2v) is 12.1. The number of aliphatic carboxylic acids is 1. The van der Waals surface area contributed by atoms with Gasteiger partial charge < -0.3 is 15.1 Å². The molecule has 1 unspecified atom stereocenters. The van der Waals surface area contributed by atoms with Crippen molar-refractivity contribution in [3.05, 3.63) is 81.9 Å². The van der Waals surface area contributed by atoms with Crippen LogP contribution in [0.4, 0.5) is 0 Å². The summed E-state index contributed by atoms with van der Waals surface area (Å²) >= 11 is 3.13. The first-order valence-corrected chi connectivity index (χ1v) is 15.0. The van der Waals surface area contributed by atoms with Crippen LogP contribution in [0.5, 0.6) is 0 Å². The van der Waals surface area contributed by atoms with Crippen LogP contribution < -0.4 is 14.7 Å². The maximum absolute atomic E-state index is 12.8. The van der Waals surface area contributed by atoms with E-state index in [1.165, 1.54) is 22.3 Å². The number of aliphatic hydroxyl groups excluding tert-OH is 1. The third-order valence-corrected chi connectivity index (χ3v) is 10.1. The van der Waals surface area contributed by atoms with Crippen LogP contribution in [0, 0.1) is 11.8 Å². The van der Waals surface area contributed by atoms with Crippen molar-refractivity contribution in [2.24, 2.45) is 11.8 Å². The SMILES string of the molecule is CSc1c2sc(C3=C(C(=O)O)N4C(=O)[C@H]([C@@H](C)O)[C@H]4[C@H]3C)cn2c[n+]1C(C)c1cccc(-[n+]2ccc(=O)[nH]c2)c1. The summed E-state index contributed by atoms with van der Waals surface area (Å²) in [5.41, 5.74) is 2.51. The lowest BCUT2D eigenvalue weighted by atomic mass is 9.77. The minimum absolute atomic E-state index is 0.00751. The number of carboxylic acid groups (broad SMARTS) is 1. The van der Waals surface area contributed by atoms with E-state index in [1.54, 1.807) is 31.2 Å². The Balaban J connectivity index is 1.38. The molecule has 10 nitrogen and oxygen atoms in total. The summed E-state index contributed by atoms with van der Waals surface area (Å²) in [5, 5.41) is 21.3. The number of carboxylic acids is 1. The molecule has 1 amide bonds. The van der Waals surface area contributed by atoms with Crippen molar-refractivity contribution in [1.82, 2.24) is 14.3 Å². The predicted molar refractivity (Wildman–Crippen MR) is 149 cm³/mol. The Morgan fingerprint density at radius 3 is 2.65 bits per heavy atom. The number of thiazole rings is 1. The first-order chi connectivity index (χ1) is 19.1. The maximum atomic E-state index is 12.8. The van der Waals surface area contributed by atoms with Crippen molar-refractivity contribution >= 4 is 45.4 Å². The zero-order valence-electron chi connectivity index (χ0n) is 22.3. The van der Waals surface area contributed by atoms with Gasteiger partial charge in [0, 0.05) is 17.1 Å².